The fraction of sp³-hybridized carbons (Fsp3) is 0.636. The highest BCUT2D eigenvalue weighted by Gasteiger charge is 2.39. The average Bonchev–Trinajstić information content (AvgIpc) is 3.36. The van der Waals surface area contributed by atoms with Gasteiger partial charge in [-0.1, -0.05) is 13.8 Å². The smallest absolute Gasteiger partial charge is 0.407 e. The van der Waals surface area contributed by atoms with Crippen LogP contribution in [-0.2, 0) is 19.1 Å². The van der Waals surface area contributed by atoms with Crippen LogP contribution in [0.2, 0.25) is 0 Å². The van der Waals surface area contributed by atoms with Gasteiger partial charge in [-0.15, -0.1) is 0 Å². The molecule has 2 aromatic rings. The molecule has 2 amide bonds. The Morgan fingerprint density at radius 2 is 2.00 bits per heavy atom. The predicted octanol–water partition coefficient (Wildman–Crippen LogP) is 1.03. The number of nitrogens with zero attached hydrogens (tertiary/aromatic N) is 4. The van der Waals surface area contributed by atoms with Gasteiger partial charge in [0.25, 0.3) is 5.56 Å². The Labute approximate surface area is 202 Å². The van der Waals surface area contributed by atoms with Gasteiger partial charge in [0.05, 0.1) is 19.5 Å². The molecule has 1 fully saturated rings. The van der Waals surface area contributed by atoms with Gasteiger partial charge in [0.15, 0.2) is 11.2 Å². The van der Waals surface area contributed by atoms with E-state index in [1.165, 1.54) is 13.4 Å². The van der Waals surface area contributed by atoms with Crippen LogP contribution >= 0.6 is 0 Å². The van der Waals surface area contributed by atoms with E-state index in [-0.39, 0.29) is 41.5 Å². The zero-order valence-corrected chi connectivity index (χ0v) is 20.9. The Hall–Kier alpha value is -3.48. The second-order valence-electron chi connectivity index (χ2n) is 9.73. The minimum absolute atomic E-state index is 0.0279. The molecule has 13 nitrogen and oxygen atoms in total. The maximum absolute atomic E-state index is 12.8. The molecule has 3 heterocycles. The summed E-state index contributed by atoms with van der Waals surface area (Å²) < 4.78 is 11.9. The van der Waals surface area contributed by atoms with Crippen molar-refractivity contribution in [2.24, 2.45) is 5.92 Å². The summed E-state index contributed by atoms with van der Waals surface area (Å²) in [6.45, 7) is 9.85. The zero-order valence-electron chi connectivity index (χ0n) is 20.9. The van der Waals surface area contributed by atoms with Crippen LogP contribution in [0.15, 0.2) is 11.1 Å². The lowest BCUT2D eigenvalue weighted by molar-refractivity contribution is -0.145. The van der Waals surface area contributed by atoms with E-state index in [1.807, 2.05) is 4.90 Å². The van der Waals surface area contributed by atoms with Gasteiger partial charge >= 0.3 is 12.1 Å². The number of nitrogens with one attached hydrogen (secondary N) is 3. The maximum atomic E-state index is 12.8. The van der Waals surface area contributed by atoms with Gasteiger partial charge in [0.1, 0.15) is 11.6 Å². The first-order valence-corrected chi connectivity index (χ1v) is 11.5. The first kappa shape index (κ1) is 26.1. The fourth-order valence-corrected chi connectivity index (χ4v) is 3.87. The molecular weight excluding hydrogens is 458 g/mol. The molecule has 0 spiro atoms. The van der Waals surface area contributed by atoms with Crippen molar-refractivity contribution in [2.45, 2.75) is 58.7 Å². The molecule has 3 N–H and O–H groups in total. The molecule has 0 aromatic carbocycles. The number of esters is 1. The third kappa shape index (κ3) is 6.35. The lowest BCUT2D eigenvalue weighted by Gasteiger charge is -2.23. The molecule has 0 bridgehead atoms. The zero-order chi connectivity index (χ0) is 25.9. The predicted molar refractivity (Wildman–Crippen MR) is 127 cm³/mol. The van der Waals surface area contributed by atoms with Crippen molar-refractivity contribution < 1.29 is 23.9 Å². The number of methoxy groups -OCH3 is 1. The third-order valence-electron chi connectivity index (χ3n) is 5.52. The Balaban J connectivity index is 1.76. The summed E-state index contributed by atoms with van der Waals surface area (Å²) in [6.07, 6.45) is 1.35. The van der Waals surface area contributed by atoms with Crippen molar-refractivity contribution in [2.75, 3.05) is 32.1 Å². The van der Waals surface area contributed by atoms with Crippen LogP contribution in [-0.4, -0.2) is 80.8 Å². The van der Waals surface area contributed by atoms with Crippen LogP contribution in [0.3, 0.4) is 0 Å². The molecule has 2 atom stereocenters. The van der Waals surface area contributed by atoms with Gasteiger partial charge in [0.2, 0.25) is 11.9 Å². The Morgan fingerprint density at radius 3 is 2.63 bits per heavy atom. The van der Waals surface area contributed by atoms with E-state index in [4.69, 9.17) is 9.47 Å². The molecule has 13 heteroatoms. The number of rotatable bonds is 7. The van der Waals surface area contributed by atoms with Crippen LogP contribution in [0.4, 0.5) is 10.7 Å². The van der Waals surface area contributed by atoms with E-state index >= 15 is 0 Å². The lowest BCUT2D eigenvalue weighted by atomic mass is 10.1. The van der Waals surface area contributed by atoms with Crippen LogP contribution in [0, 0.1) is 5.92 Å². The molecule has 1 aliphatic heterocycles. The highest BCUT2D eigenvalue weighted by molar-refractivity contribution is 5.91. The number of alkyl carbamates (subject to hydrolysis) is 1. The number of likely N-dealkylation sites (tertiary alicyclic amines) is 1. The van der Waals surface area contributed by atoms with Gasteiger partial charge in [-0.2, -0.15) is 4.98 Å². The number of aromatic nitrogens is 4. The van der Waals surface area contributed by atoms with E-state index in [1.54, 1.807) is 39.2 Å². The number of aromatic amines is 1. The van der Waals surface area contributed by atoms with Crippen molar-refractivity contribution in [3.8, 4) is 0 Å². The van der Waals surface area contributed by atoms with Gasteiger partial charge in [-0.25, -0.2) is 9.78 Å². The van der Waals surface area contributed by atoms with Gasteiger partial charge in [-0.05, 0) is 27.2 Å². The summed E-state index contributed by atoms with van der Waals surface area (Å²) >= 11 is 0. The Kier molecular flexibility index (Phi) is 7.78. The van der Waals surface area contributed by atoms with Gasteiger partial charge in [-0.3, -0.25) is 29.6 Å². The van der Waals surface area contributed by atoms with Crippen LogP contribution in [0.1, 0.15) is 47.1 Å². The second kappa shape index (κ2) is 10.4. The monoisotopic (exact) mass is 491 g/mol. The second-order valence-corrected chi connectivity index (χ2v) is 9.73. The van der Waals surface area contributed by atoms with E-state index in [2.05, 4.69) is 25.6 Å². The van der Waals surface area contributed by atoms with E-state index < -0.39 is 29.3 Å². The summed E-state index contributed by atoms with van der Waals surface area (Å²) in [4.78, 5) is 62.1. The summed E-state index contributed by atoms with van der Waals surface area (Å²) in [5, 5.41) is 5.26. The van der Waals surface area contributed by atoms with E-state index in [0.29, 0.717) is 19.5 Å². The number of hydrogen-bond acceptors (Lipinski definition) is 9. The summed E-state index contributed by atoms with van der Waals surface area (Å²) in [7, 11) is 1.32. The molecule has 192 valence electrons. The average molecular weight is 492 g/mol. The SMILES string of the molecule is COC(=O)[C@@H]1C[C@H](n2cnc3nc(NC(=O)C(C)C)[nH]c(=O)c32)CN1CCNC(=O)OC(C)(C)C. The Bertz CT molecular complexity index is 1150. The van der Waals surface area contributed by atoms with Crippen molar-refractivity contribution in [3.05, 3.63) is 16.7 Å². The summed E-state index contributed by atoms with van der Waals surface area (Å²) in [6, 6.07) is -0.816. The third-order valence-corrected chi connectivity index (χ3v) is 5.52. The van der Waals surface area contributed by atoms with Crippen molar-refractivity contribution in [1.29, 1.82) is 0 Å². The number of imidazole rings is 1. The summed E-state index contributed by atoms with van der Waals surface area (Å²) in [5.74, 6) is -0.933. The molecule has 1 saturated heterocycles. The van der Waals surface area contributed by atoms with E-state index in [0.717, 1.165) is 0 Å². The Morgan fingerprint density at radius 1 is 1.29 bits per heavy atom. The number of carbonyl (C=O) groups excluding carboxylic acids is 3. The highest BCUT2D eigenvalue weighted by Crippen LogP contribution is 2.29. The number of hydrogen-bond donors (Lipinski definition) is 3. The molecule has 0 saturated carbocycles. The lowest BCUT2D eigenvalue weighted by Crippen LogP contribution is -2.42. The normalized spacial score (nSPS) is 18.6. The number of fused-ring (bicyclic) bond motifs is 1. The van der Waals surface area contributed by atoms with Crippen LogP contribution < -0.4 is 16.2 Å². The first-order chi connectivity index (χ1) is 16.4. The van der Waals surface area contributed by atoms with Crippen molar-refractivity contribution in [1.82, 2.24) is 29.7 Å². The minimum atomic E-state index is -0.613. The molecule has 0 aliphatic carbocycles. The van der Waals surface area contributed by atoms with Crippen LogP contribution in [0.5, 0.6) is 0 Å². The molecule has 3 rings (SSSR count). The number of amides is 2. The number of carbonyl (C=O) groups is 3. The van der Waals surface area contributed by atoms with E-state index in [9.17, 15) is 19.2 Å². The number of anilines is 1. The highest BCUT2D eigenvalue weighted by atomic mass is 16.6. The van der Waals surface area contributed by atoms with Gasteiger partial charge in [0, 0.05) is 25.6 Å². The number of H-pyrrole nitrogens is 1. The van der Waals surface area contributed by atoms with Crippen LogP contribution in [0.25, 0.3) is 11.2 Å². The van der Waals surface area contributed by atoms with Crippen molar-refractivity contribution in [3.63, 3.8) is 0 Å². The van der Waals surface area contributed by atoms with Crippen molar-refractivity contribution >= 4 is 35.1 Å². The summed E-state index contributed by atoms with van der Waals surface area (Å²) in [5.41, 5.74) is -0.633. The molecule has 0 radical (unpaired) electrons. The first-order valence-electron chi connectivity index (χ1n) is 11.5. The molecule has 0 unspecified atom stereocenters. The van der Waals surface area contributed by atoms with Gasteiger partial charge < -0.3 is 19.4 Å². The largest absolute Gasteiger partial charge is 0.468 e. The standard InChI is InChI=1S/C22H33N7O6/c1-12(2)17(30)26-20-25-16-15(18(31)27-20)29(11-24-16)13-9-14(19(32)34-6)28(10-13)8-7-23-21(33)35-22(3,4)5/h11-14H,7-10H2,1-6H3,(H,23,33)(H2,25,26,27,30,31)/t13-,14-/m0/s1. The quantitative estimate of drug-likeness (QED) is 0.480. The number of ether oxygens (including phenoxy) is 2. The fourth-order valence-electron chi connectivity index (χ4n) is 3.87. The topological polar surface area (TPSA) is 161 Å². The molecule has 35 heavy (non-hydrogen) atoms. The minimum Gasteiger partial charge on any atom is -0.468 e. The molecular formula is C22H33N7O6. The molecule has 2 aromatic heterocycles. The molecule has 1 aliphatic rings. The maximum Gasteiger partial charge on any atom is 0.407 e.